The van der Waals surface area contributed by atoms with Gasteiger partial charge in [-0.3, -0.25) is 0 Å². The van der Waals surface area contributed by atoms with Crippen LogP contribution in [0.15, 0.2) is 12.3 Å². The fourth-order valence-electron chi connectivity index (χ4n) is 1.17. The minimum atomic E-state index is 0.771. The topological polar surface area (TPSA) is 26.9 Å². The van der Waals surface area contributed by atoms with E-state index in [0.29, 0.717) is 0 Å². The number of aryl methyl sites for hydroxylation is 3. The lowest BCUT2D eigenvalue weighted by atomic mass is 10.1. The number of pyridine rings is 1. The van der Waals surface area contributed by atoms with Crippen molar-refractivity contribution in [3.63, 3.8) is 0 Å². The third-order valence-electron chi connectivity index (χ3n) is 1.93. The molecule has 0 saturated heterocycles. The van der Waals surface area contributed by atoms with Gasteiger partial charge in [-0.05, 0) is 18.9 Å². The zero-order chi connectivity index (χ0) is 8.43. The van der Waals surface area contributed by atoms with E-state index in [1.165, 1.54) is 5.56 Å². The highest BCUT2D eigenvalue weighted by molar-refractivity contribution is 5.21. The molecule has 0 amide bonds. The summed E-state index contributed by atoms with van der Waals surface area (Å²) in [6, 6.07) is 1.95. The van der Waals surface area contributed by atoms with E-state index in [4.69, 9.17) is 0 Å². The van der Waals surface area contributed by atoms with E-state index in [2.05, 4.69) is 6.92 Å². The summed E-state index contributed by atoms with van der Waals surface area (Å²) in [6.07, 6.45) is 2.63. The van der Waals surface area contributed by atoms with Crippen molar-refractivity contribution >= 4 is 0 Å². The first-order valence-corrected chi connectivity index (χ1v) is 3.84. The standard InChI is InChI=1S/C9H13NO/c1-4-9-5-8(3)10(11)6-7(9)2/h5-6H,4H2,1-3H3. The number of hydrogen-bond donors (Lipinski definition) is 0. The Morgan fingerprint density at radius 3 is 2.64 bits per heavy atom. The Morgan fingerprint density at radius 2 is 2.09 bits per heavy atom. The lowest BCUT2D eigenvalue weighted by Gasteiger charge is -2.05. The van der Waals surface area contributed by atoms with Gasteiger partial charge in [0.15, 0.2) is 11.9 Å². The second kappa shape index (κ2) is 2.91. The number of nitrogens with zero attached hydrogens (tertiary/aromatic N) is 1. The normalized spacial score (nSPS) is 10.1. The molecule has 1 aromatic rings. The minimum Gasteiger partial charge on any atom is -0.619 e. The molecule has 11 heavy (non-hydrogen) atoms. The van der Waals surface area contributed by atoms with E-state index in [1.54, 1.807) is 6.20 Å². The molecular formula is C9H13NO. The maximum atomic E-state index is 11.0. The van der Waals surface area contributed by atoms with Crippen LogP contribution in [0.5, 0.6) is 0 Å². The molecule has 0 aromatic carbocycles. The molecule has 2 heteroatoms. The Balaban J connectivity index is 3.21. The predicted octanol–water partition coefficient (Wildman–Crippen LogP) is 1.50. The summed E-state index contributed by atoms with van der Waals surface area (Å²) in [5.41, 5.74) is 3.11. The van der Waals surface area contributed by atoms with Crippen molar-refractivity contribution in [2.75, 3.05) is 0 Å². The van der Waals surface area contributed by atoms with Crippen molar-refractivity contribution < 1.29 is 4.73 Å². The van der Waals surface area contributed by atoms with Crippen LogP contribution in [0, 0.1) is 19.1 Å². The van der Waals surface area contributed by atoms with Crippen molar-refractivity contribution in [3.8, 4) is 0 Å². The summed E-state index contributed by atoms with van der Waals surface area (Å²) in [5, 5.41) is 11.0. The average molecular weight is 151 g/mol. The second-order valence-electron chi connectivity index (χ2n) is 2.80. The summed E-state index contributed by atoms with van der Waals surface area (Å²) in [7, 11) is 0. The van der Waals surface area contributed by atoms with Crippen LogP contribution in [-0.4, -0.2) is 0 Å². The van der Waals surface area contributed by atoms with Gasteiger partial charge in [0.1, 0.15) is 0 Å². The zero-order valence-corrected chi connectivity index (χ0v) is 7.22. The summed E-state index contributed by atoms with van der Waals surface area (Å²) in [5.74, 6) is 0. The quantitative estimate of drug-likeness (QED) is 0.441. The third kappa shape index (κ3) is 1.50. The molecule has 1 heterocycles. The fraction of sp³-hybridized carbons (Fsp3) is 0.444. The van der Waals surface area contributed by atoms with Gasteiger partial charge in [0.2, 0.25) is 0 Å². The predicted molar refractivity (Wildman–Crippen MR) is 44.3 cm³/mol. The van der Waals surface area contributed by atoms with Crippen molar-refractivity contribution in [1.82, 2.24) is 0 Å². The first-order chi connectivity index (χ1) is 5.15. The van der Waals surface area contributed by atoms with E-state index < -0.39 is 0 Å². The molecular weight excluding hydrogens is 138 g/mol. The molecule has 0 radical (unpaired) electrons. The highest BCUT2D eigenvalue weighted by atomic mass is 16.5. The van der Waals surface area contributed by atoms with Gasteiger partial charge in [-0.25, -0.2) is 0 Å². The van der Waals surface area contributed by atoms with Crippen LogP contribution < -0.4 is 4.73 Å². The molecule has 0 N–H and O–H groups in total. The van der Waals surface area contributed by atoms with Crippen LogP contribution >= 0.6 is 0 Å². The fourth-order valence-corrected chi connectivity index (χ4v) is 1.17. The van der Waals surface area contributed by atoms with Gasteiger partial charge in [0.25, 0.3) is 0 Å². The van der Waals surface area contributed by atoms with Gasteiger partial charge < -0.3 is 5.21 Å². The second-order valence-corrected chi connectivity index (χ2v) is 2.80. The molecule has 0 fully saturated rings. The monoisotopic (exact) mass is 151 g/mol. The smallest absolute Gasteiger partial charge is 0.189 e. The van der Waals surface area contributed by atoms with Gasteiger partial charge in [-0.2, -0.15) is 4.73 Å². The van der Waals surface area contributed by atoms with Crippen LogP contribution in [0.2, 0.25) is 0 Å². The SMILES string of the molecule is CCc1cc(C)[n+]([O-])cc1C. The largest absolute Gasteiger partial charge is 0.619 e. The van der Waals surface area contributed by atoms with E-state index in [9.17, 15) is 5.21 Å². The molecule has 0 unspecified atom stereocenters. The molecule has 0 aliphatic carbocycles. The average Bonchev–Trinajstić information content (AvgIpc) is 1.97. The van der Waals surface area contributed by atoms with Gasteiger partial charge in [0.05, 0.1) is 0 Å². The van der Waals surface area contributed by atoms with Crippen LogP contribution in [-0.2, 0) is 6.42 Å². The molecule has 2 nitrogen and oxygen atoms in total. The van der Waals surface area contributed by atoms with Gasteiger partial charge in [0, 0.05) is 18.6 Å². The summed E-state index contributed by atoms with van der Waals surface area (Å²) in [4.78, 5) is 0. The number of rotatable bonds is 1. The Morgan fingerprint density at radius 1 is 1.45 bits per heavy atom. The van der Waals surface area contributed by atoms with Crippen LogP contribution in [0.3, 0.4) is 0 Å². The van der Waals surface area contributed by atoms with Gasteiger partial charge in [-0.1, -0.05) is 6.92 Å². The maximum Gasteiger partial charge on any atom is 0.189 e. The highest BCUT2D eigenvalue weighted by Crippen LogP contribution is 2.06. The van der Waals surface area contributed by atoms with Crippen LogP contribution in [0.4, 0.5) is 0 Å². The van der Waals surface area contributed by atoms with E-state index in [-0.39, 0.29) is 0 Å². The first-order valence-electron chi connectivity index (χ1n) is 3.84. The summed E-state index contributed by atoms with van der Waals surface area (Å²) >= 11 is 0. The van der Waals surface area contributed by atoms with E-state index >= 15 is 0 Å². The molecule has 0 bridgehead atoms. The molecule has 0 aliphatic heterocycles. The van der Waals surface area contributed by atoms with Crippen molar-refractivity contribution in [2.45, 2.75) is 27.2 Å². The Labute approximate surface area is 67.1 Å². The summed E-state index contributed by atoms with van der Waals surface area (Å²) in [6.45, 7) is 5.88. The lowest BCUT2D eigenvalue weighted by Crippen LogP contribution is -2.30. The molecule has 0 atom stereocenters. The van der Waals surface area contributed by atoms with E-state index in [1.807, 2.05) is 19.9 Å². The Hall–Kier alpha value is -1.05. The van der Waals surface area contributed by atoms with Crippen molar-refractivity contribution in [3.05, 3.63) is 34.3 Å². The molecule has 60 valence electrons. The highest BCUT2D eigenvalue weighted by Gasteiger charge is 2.03. The van der Waals surface area contributed by atoms with E-state index in [0.717, 1.165) is 22.4 Å². The molecule has 1 rings (SSSR count). The first kappa shape index (κ1) is 8.05. The number of aromatic nitrogens is 1. The van der Waals surface area contributed by atoms with Crippen LogP contribution in [0.1, 0.15) is 23.7 Å². The zero-order valence-electron chi connectivity index (χ0n) is 7.22. The third-order valence-corrected chi connectivity index (χ3v) is 1.93. The van der Waals surface area contributed by atoms with Gasteiger partial charge >= 0.3 is 0 Å². The minimum absolute atomic E-state index is 0.771. The van der Waals surface area contributed by atoms with Crippen molar-refractivity contribution in [2.24, 2.45) is 0 Å². The molecule has 0 spiro atoms. The number of hydrogen-bond acceptors (Lipinski definition) is 1. The lowest BCUT2D eigenvalue weighted by molar-refractivity contribution is -0.612. The Kier molecular flexibility index (Phi) is 2.13. The van der Waals surface area contributed by atoms with Gasteiger partial charge in [-0.15, -0.1) is 0 Å². The Bertz CT molecular complexity index is 269. The maximum absolute atomic E-state index is 11.0. The summed E-state index contributed by atoms with van der Waals surface area (Å²) < 4.78 is 0.911. The van der Waals surface area contributed by atoms with Crippen LogP contribution in [0.25, 0.3) is 0 Å². The molecule has 1 aromatic heterocycles. The molecule has 0 aliphatic rings. The molecule has 0 saturated carbocycles. The van der Waals surface area contributed by atoms with Crippen molar-refractivity contribution in [1.29, 1.82) is 0 Å².